The second-order valence-corrected chi connectivity index (χ2v) is 6.22. The van der Waals surface area contributed by atoms with Gasteiger partial charge in [0.2, 0.25) is 0 Å². The molecule has 1 saturated heterocycles. The van der Waals surface area contributed by atoms with E-state index in [0.29, 0.717) is 0 Å². The normalized spacial score (nSPS) is 20.1. The predicted octanol–water partition coefficient (Wildman–Crippen LogP) is 1.79. The molecule has 1 amide bonds. The monoisotopic (exact) mass is 323 g/mol. The first-order valence-electron chi connectivity index (χ1n) is 5.95. The lowest BCUT2D eigenvalue weighted by molar-refractivity contribution is -0.137. The highest BCUT2D eigenvalue weighted by Gasteiger charge is 2.37. The molecule has 0 aromatic heterocycles. The van der Waals surface area contributed by atoms with Crippen molar-refractivity contribution in [3.63, 3.8) is 0 Å². The van der Waals surface area contributed by atoms with Gasteiger partial charge in [-0.15, -0.1) is 0 Å². The molecule has 0 spiro atoms. The summed E-state index contributed by atoms with van der Waals surface area (Å²) in [5.41, 5.74) is -0.810. The summed E-state index contributed by atoms with van der Waals surface area (Å²) in [6.45, 7) is 0.0976. The van der Waals surface area contributed by atoms with Gasteiger partial charge < -0.3 is 4.90 Å². The summed E-state index contributed by atoms with van der Waals surface area (Å²) in [4.78, 5) is 13.1. The average molecular weight is 323 g/mol. The van der Waals surface area contributed by atoms with Gasteiger partial charge in [-0.3, -0.25) is 8.98 Å². The maximum absolute atomic E-state index is 12.6. The molecule has 21 heavy (non-hydrogen) atoms. The maximum atomic E-state index is 12.6. The zero-order valence-electron chi connectivity index (χ0n) is 10.9. The van der Waals surface area contributed by atoms with Gasteiger partial charge in [0.15, 0.2) is 6.10 Å². The summed E-state index contributed by atoms with van der Waals surface area (Å²) in [6.07, 6.45) is -4.79. The average Bonchev–Trinajstić information content (AvgIpc) is 2.68. The van der Waals surface area contributed by atoms with E-state index < -0.39 is 33.9 Å². The topological polar surface area (TPSA) is 63.7 Å². The van der Waals surface area contributed by atoms with Gasteiger partial charge in [-0.05, 0) is 18.2 Å². The zero-order valence-corrected chi connectivity index (χ0v) is 11.7. The molecule has 1 heterocycles. The van der Waals surface area contributed by atoms with Crippen LogP contribution in [0.15, 0.2) is 24.3 Å². The van der Waals surface area contributed by atoms with E-state index in [-0.39, 0.29) is 18.7 Å². The minimum absolute atomic E-state index is 0.0643. The number of alkyl halides is 3. The Bertz CT molecular complexity index is 657. The molecule has 0 saturated carbocycles. The Morgan fingerprint density at radius 1 is 1.33 bits per heavy atom. The van der Waals surface area contributed by atoms with Crippen LogP contribution in [0.3, 0.4) is 0 Å². The van der Waals surface area contributed by atoms with Crippen LogP contribution >= 0.6 is 0 Å². The van der Waals surface area contributed by atoms with Gasteiger partial charge in [0.1, 0.15) is 0 Å². The number of rotatable bonds is 3. The second-order valence-electron chi connectivity index (χ2n) is 4.62. The molecule has 1 atom stereocenters. The first-order valence-corrected chi connectivity index (χ1v) is 7.76. The third-order valence-electron chi connectivity index (χ3n) is 2.93. The highest BCUT2D eigenvalue weighted by molar-refractivity contribution is 7.86. The summed E-state index contributed by atoms with van der Waals surface area (Å²) in [7, 11) is -3.80. The first kappa shape index (κ1) is 15.8. The number of benzene rings is 1. The fraction of sp³-hybridized carbons (Fsp3) is 0.417. The van der Waals surface area contributed by atoms with Crippen LogP contribution in [0.2, 0.25) is 0 Å². The van der Waals surface area contributed by atoms with Crippen molar-refractivity contribution in [2.45, 2.75) is 18.7 Å². The van der Waals surface area contributed by atoms with E-state index in [1.807, 2.05) is 0 Å². The van der Waals surface area contributed by atoms with Crippen molar-refractivity contribution in [2.75, 3.05) is 17.7 Å². The Balaban J connectivity index is 2.23. The SMILES string of the molecule is CS(=O)(=O)OC1CCN(c2cccc(C(F)(F)F)c2)C1=O. The molecular weight excluding hydrogens is 311 g/mol. The van der Waals surface area contributed by atoms with Gasteiger partial charge >= 0.3 is 6.18 Å². The Morgan fingerprint density at radius 2 is 2.00 bits per heavy atom. The molecule has 0 radical (unpaired) electrons. The highest BCUT2D eigenvalue weighted by Crippen LogP contribution is 2.33. The number of hydrogen-bond donors (Lipinski definition) is 0. The molecule has 2 rings (SSSR count). The lowest BCUT2D eigenvalue weighted by Gasteiger charge is -2.18. The maximum Gasteiger partial charge on any atom is 0.416 e. The van der Waals surface area contributed by atoms with Crippen molar-refractivity contribution in [2.24, 2.45) is 0 Å². The molecule has 1 aliphatic heterocycles. The van der Waals surface area contributed by atoms with Crippen molar-refractivity contribution in [1.29, 1.82) is 0 Å². The molecule has 1 unspecified atom stereocenters. The van der Waals surface area contributed by atoms with Gasteiger partial charge in [0, 0.05) is 18.7 Å². The lowest BCUT2D eigenvalue weighted by atomic mass is 10.2. The number of halogens is 3. The fourth-order valence-corrected chi connectivity index (χ4v) is 2.66. The van der Waals surface area contributed by atoms with E-state index in [1.54, 1.807) is 0 Å². The van der Waals surface area contributed by atoms with Crippen molar-refractivity contribution in [3.05, 3.63) is 29.8 Å². The summed E-state index contributed by atoms with van der Waals surface area (Å²) in [5, 5.41) is 0. The third kappa shape index (κ3) is 3.73. The standard InChI is InChI=1S/C12H12F3NO4S/c1-21(18,19)20-10-5-6-16(11(10)17)9-4-2-3-8(7-9)12(13,14)15/h2-4,7,10H,5-6H2,1H3. The number of hydrogen-bond acceptors (Lipinski definition) is 4. The van der Waals surface area contributed by atoms with E-state index in [4.69, 9.17) is 0 Å². The molecule has 0 N–H and O–H groups in total. The summed E-state index contributed by atoms with van der Waals surface area (Å²) >= 11 is 0. The number of anilines is 1. The van der Waals surface area contributed by atoms with Crippen LogP contribution in [-0.2, 0) is 25.3 Å². The summed E-state index contributed by atoms with van der Waals surface area (Å²) in [6, 6.07) is 4.29. The largest absolute Gasteiger partial charge is 0.416 e. The fourth-order valence-electron chi connectivity index (χ4n) is 2.06. The molecule has 9 heteroatoms. The quantitative estimate of drug-likeness (QED) is 0.796. The number of carbonyl (C=O) groups is 1. The van der Waals surface area contributed by atoms with E-state index in [0.717, 1.165) is 23.3 Å². The van der Waals surface area contributed by atoms with Crippen molar-refractivity contribution >= 4 is 21.7 Å². The molecule has 0 aliphatic carbocycles. The van der Waals surface area contributed by atoms with E-state index >= 15 is 0 Å². The molecule has 116 valence electrons. The molecule has 5 nitrogen and oxygen atoms in total. The molecule has 1 aromatic rings. The van der Waals surface area contributed by atoms with Gasteiger partial charge in [-0.2, -0.15) is 21.6 Å². The van der Waals surface area contributed by atoms with Crippen molar-refractivity contribution in [1.82, 2.24) is 0 Å². The highest BCUT2D eigenvalue weighted by atomic mass is 32.2. The van der Waals surface area contributed by atoms with Crippen LogP contribution in [0, 0.1) is 0 Å². The molecular formula is C12H12F3NO4S. The minimum Gasteiger partial charge on any atom is -0.310 e. The van der Waals surface area contributed by atoms with Crippen LogP contribution in [0.5, 0.6) is 0 Å². The van der Waals surface area contributed by atoms with E-state index in [2.05, 4.69) is 4.18 Å². The van der Waals surface area contributed by atoms with Crippen molar-refractivity contribution < 1.29 is 30.6 Å². The predicted molar refractivity (Wildman–Crippen MR) is 68.1 cm³/mol. The first-order chi connectivity index (χ1) is 9.58. The van der Waals surface area contributed by atoms with Gasteiger partial charge in [0.25, 0.3) is 16.0 Å². The molecule has 1 aromatic carbocycles. The van der Waals surface area contributed by atoms with Gasteiger partial charge in [-0.25, -0.2) is 0 Å². The Hall–Kier alpha value is -1.61. The number of carbonyl (C=O) groups excluding carboxylic acids is 1. The Labute approximate surface area is 119 Å². The van der Waals surface area contributed by atoms with Crippen LogP contribution in [-0.4, -0.2) is 33.2 Å². The van der Waals surface area contributed by atoms with Crippen LogP contribution in [0.25, 0.3) is 0 Å². The Morgan fingerprint density at radius 3 is 2.57 bits per heavy atom. The lowest BCUT2D eigenvalue weighted by Crippen LogP contribution is -2.32. The van der Waals surface area contributed by atoms with Crippen LogP contribution in [0.1, 0.15) is 12.0 Å². The Kier molecular flexibility index (Phi) is 3.98. The van der Waals surface area contributed by atoms with E-state index in [9.17, 15) is 26.4 Å². The summed E-state index contributed by atoms with van der Waals surface area (Å²) < 4.78 is 64.6. The minimum atomic E-state index is -4.51. The smallest absolute Gasteiger partial charge is 0.310 e. The summed E-state index contributed by atoms with van der Waals surface area (Å²) in [5.74, 6) is -0.667. The van der Waals surface area contributed by atoms with Crippen LogP contribution < -0.4 is 4.90 Å². The number of amides is 1. The zero-order chi connectivity index (χ0) is 15.8. The van der Waals surface area contributed by atoms with Crippen LogP contribution in [0.4, 0.5) is 18.9 Å². The number of nitrogens with zero attached hydrogens (tertiary/aromatic N) is 1. The van der Waals surface area contributed by atoms with Gasteiger partial charge in [0.05, 0.1) is 11.8 Å². The van der Waals surface area contributed by atoms with Gasteiger partial charge in [-0.1, -0.05) is 6.07 Å². The second kappa shape index (κ2) is 5.30. The molecule has 1 fully saturated rings. The van der Waals surface area contributed by atoms with Crippen molar-refractivity contribution in [3.8, 4) is 0 Å². The molecule has 0 bridgehead atoms. The molecule has 1 aliphatic rings. The van der Waals surface area contributed by atoms with E-state index in [1.165, 1.54) is 12.1 Å². The third-order valence-corrected chi connectivity index (χ3v) is 3.51.